The Balaban J connectivity index is 2.97. The molecular weight excluding hydrogens is 152 g/mol. The summed E-state index contributed by atoms with van der Waals surface area (Å²) in [7, 11) is 0. The summed E-state index contributed by atoms with van der Waals surface area (Å²) >= 11 is 0. The van der Waals surface area contributed by atoms with Gasteiger partial charge in [-0.3, -0.25) is 4.68 Å². The number of hydrogen-bond acceptors (Lipinski definition) is 3. The Hall–Kier alpha value is -0.900. The van der Waals surface area contributed by atoms with E-state index in [2.05, 4.69) is 23.9 Å². The maximum Gasteiger partial charge on any atom is 0.167 e. The molecule has 0 amide bonds. The molecule has 12 heavy (non-hydrogen) atoms. The highest BCUT2D eigenvalue weighted by Gasteiger charge is 2.09. The fraction of sp³-hybridized carbons (Fsp3) is 0.750. The standard InChI is InChI=1S/C8H16N4/c1-4-7-10-8(6(3)9)11-12(7)5-2/h6H,4-5,9H2,1-3H3. The monoisotopic (exact) mass is 168 g/mol. The predicted molar refractivity (Wildman–Crippen MR) is 47.7 cm³/mol. The quantitative estimate of drug-likeness (QED) is 0.729. The smallest absolute Gasteiger partial charge is 0.167 e. The second-order valence-corrected chi connectivity index (χ2v) is 2.84. The summed E-state index contributed by atoms with van der Waals surface area (Å²) in [4.78, 5) is 4.33. The molecule has 0 aliphatic rings. The average molecular weight is 168 g/mol. The van der Waals surface area contributed by atoms with Crippen molar-refractivity contribution in [1.29, 1.82) is 0 Å². The van der Waals surface area contributed by atoms with E-state index < -0.39 is 0 Å². The van der Waals surface area contributed by atoms with Crippen molar-refractivity contribution in [3.63, 3.8) is 0 Å². The van der Waals surface area contributed by atoms with E-state index in [-0.39, 0.29) is 6.04 Å². The maximum atomic E-state index is 5.67. The molecule has 2 N–H and O–H groups in total. The van der Waals surface area contributed by atoms with Crippen LogP contribution in [0.2, 0.25) is 0 Å². The van der Waals surface area contributed by atoms with Gasteiger partial charge in [-0.1, -0.05) is 6.92 Å². The normalized spacial score (nSPS) is 13.3. The van der Waals surface area contributed by atoms with Crippen molar-refractivity contribution >= 4 is 0 Å². The summed E-state index contributed by atoms with van der Waals surface area (Å²) < 4.78 is 1.90. The summed E-state index contributed by atoms with van der Waals surface area (Å²) in [5.74, 6) is 1.76. The molecule has 0 aromatic carbocycles. The minimum Gasteiger partial charge on any atom is -0.321 e. The zero-order valence-corrected chi connectivity index (χ0v) is 7.91. The Labute approximate surface area is 72.8 Å². The van der Waals surface area contributed by atoms with Crippen LogP contribution in [0, 0.1) is 0 Å². The van der Waals surface area contributed by atoms with Gasteiger partial charge in [0.1, 0.15) is 5.82 Å². The molecule has 4 nitrogen and oxygen atoms in total. The van der Waals surface area contributed by atoms with E-state index in [4.69, 9.17) is 5.73 Å². The number of hydrogen-bond donors (Lipinski definition) is 1. The van der Waals surface area contributed by atoms with Crippen LogP contribution in [-0.4, -0.2) is 14.8 Å². The molecule has 1 aromatic rings. The third kappa shape index (κ3) is 1.64. The summed E-state index contributed by atoms with van der Waals surface area (Å²) in [6.07, 6.45) is 0.910. The van der Waals surface area contributed by atoms with Crippen molar-refractivity contribution in [2.75, 3.05) is 0 Å². The molecule has 1 heterocycles. The average Bonchev–Trinajstić information content (AvgIpc) is 2.46. The van der Waals surface area contributed by atoms with Gasteiger partial charge in [-0.05, 0) is 13.8 Å². The van der Waals surface area contributed by atoms with Gasteiger partial charge < -0.3 is 5.73 Å². The van der Waals surface area contributed by atoms with Crippen molar-refractivity contribution < 1.29 is 0 Å². The van der Waals surface area contributed by atoms with Crippen LogP contribution in [0.1, 0.15) is 38.5 Å². The molecule has 4 heteroatoms. The van der Waals surface area contributed by atoms with Gasteiger partial charge in [-0.2, -0.15) is 5.10 Å². The molecule has 0 aliphatic carbocycles. The molecule has 1 rings (SSSR count). The minimum absolute atomic E-state index is 0.0666. The Morgan fingerprint density at radius 2 is 2.17 bits per heavy atom. The Morgan fingerprint density at radius 3 is 2.50 bits per heavy atom. The Bertz CT molecular complexity index is 230. The van der Waals surface area contributed by atoms with E-state index in [1.54, 1.807) is 0 Å². The Morgan fingerprint density at radius 1 is 1.50 bits per heavy atom. The minimum atomic E-state index is -0.0666. The van der Waals surface area contributed by atoms with Crippen LogP contribution in [0.4, 0.5) is 0 Å². The molecule has 1 unspecified atom stereocenters. The van der Waals surface area contributed by atoms with Crippen LogP contribution in [0.25, 0.3) is 0 Å². The van der Waals surface area contributed by atoms with Gasteiger partial charge in [0, 0.05) is 13.0 Å². The number of aryl methyl sites for hydroxylation is 2. The predicted octanol–water partition coefficient (Wildman–Crippen LogP) is 0.880. The lowest BCUT2D eigenvalue weighted by molar-refractivity contribution is 0.605. The first-order chi connectivity index (χ1) is 5.69. The SMILES string of the molecule is CCc1nc(C(C)N)nn1CC. The van der Waals surface area contributed by atoms with Crippen molar-refractivity contribution in [2.24, 2.45) is 5.73 Å². The highest BCUT2D eigenvalue weighted by Crippen LogP contribution is 2.05. The summed E-state index contributed by atoms with van der Waals surface area (Å²) in [6, 6.07) is -0.0666. The lowest BCUT2D eigenvalue weighted by Crippen LogP contribution is -2.08. The van der Waals surface area contributed by atoms with Crippen molar-refractivity contribution in [1.82, 2.24) is 14.8 Å². The van der Waals surface area contributed by atoms with Crippen molar-refractivity contribution in [2.45, 2.75) is 39.8 Å². The second kappa shape index (κ2) is 3.67. The van der Waals surface area contributed by atoms with Crippen LogP contribution in [0.5, 0.6) is 0 Å². The molecule has 68 valence electrons. The van der Waals surface area contributed by atoms with Gasteiger partial charge in [0.05, 0.1) is 6.04 Å². The zero-order chi connectivity index (χ0) is 9.14. The lowest BCUT2D eigenvalue weighted by atomic mass is 10.3. The molecule has 0 bridgehead atoms. The van der Waals surface area contributed by atoms with Crippen LogP contribution >= 0.6 is 0 Å². The third-order valence-corrected chi connectivity index (χ3v) is 1.79. The molecule has 0 spiro atoms. The van der Waals surface area contributed by atoms with Gasteiger partial charge in [0.25, 0.3) is 0 Å². The van der Waals surface area contributed by atoms with E-state index in [9.17, 15) is 0 Å². The maximum absolute atomic E-state index is 5.67. The van der Waals surface area contributed by atoms with Crippen molar-refractivity contribution in [3.05, 3.63) is 11.6 Å². The van der Waals surface area contributed by atoms with E-state index in [1.165, 1.54) is 0 Å². The van der Waals surface area contributed by atoms with Crippen LogP contribution < -0.4 is 5.73 Å². The zero-order valence-electron chi connectivity index (χ0n) is 7.91. The topological polar surface area (TPSA) is 56.7 Å². The molecule has 1 aromatic heterocycles. The molecule has 0 radical (unpaired) electrons. The number of nitrogens with two attached hydrogens (primary N) is 1. The van der Waals surface area contributed by atoms with Crippen LogP contribution in [0.15, 0.2) is 0 Å². The van der Waals surface area contributed by atoms with Gasteiger partial charge in [0.15, 0.2) is 5.82 Å². The molecular formula is C8H16N4. The fourth-order valence-electron chi connectivity index (χ4n) is 1.10. The molecule has 0 fully saturated rings. The largest absolute Gasteiger partial charge is 0.321 e. The lowest BCUT2D eigenvalue weighted by Gasteiger charge is -1.97. The number of rotatable bonds is 3. The van der Waals surface area contributed by atoms with Crippen LogP contribution in [-0.2, 0) is 13.0 Å². The number of nitrogens with zero attached hydrogens (tertiary/aromatic N) is 3. The van der Waals surface area contributed by atoms with Gasteiger partial charge in [-0.15, -0.1) is 0 Å². The summed E-state index contributed by atoms with van der Waals surface area (Å²) in [6.45, 7) is 6.89. The first-order valence-electron chi connectivity index (χ1n) is 4.38. The summed E-state index contributed by atoms with van der Waals surface area (Å²) in [5, 5.41) is 4.28. The van der Waals surface area contributed by atoms with E-state index in [1.807, 2.05) is 11.6 Å². The van der Waals surface area contributed by atoms with E-state index >= 15 is 0 Å². The second-order valence-electron chi connectivity index (χ2n) is 2.84. The van der Waals surface area contributed by atoms with E-state index in [0.717, 1.165) is 24.6 Å². The highest BCUT2D eigenvalue weighted by molar-refractivity contribution is 4.96. The first kappa shape index (κ1) is 9.19. The molecule has 0 aliphatic heterocycles. The third-order valence-electron chi connectivity index (χ3n) is 1.79. The van der Waals surface area contributed by atoms with Gasteiger partial charge >= 0.3 is 0 Å². The Kier molecular flexibility index (Phi) is 2.81. The molecule has 1 atom stereocenters. The fourth-order valence-corrected chi connectivity index (χ4v) is 1.10. The van der Waals surface area contributed by atoms with E-state index in [0.29, 0.717) is 0 Å². The molecule has 0 saturated heterocycles. The van der Waals surface area contributed by atoms with Crippen molar-refractivity contribution in [3.8, 4) is 0 Å². The van der Waals surface area contributed by atoms with Gasteiger partial charge in [-0.25, -0.2) is 4.98 Å². The number of aromatic nitrogens is 3. The highest BCUT2D eigenvalue weighted by atomic mass is 15.3. The first-order valence-corrected chi connectivity index (χ1v) is 4.38. The summed E-state index contributed by atoms with van der Waals surface area (Å²) in [5.41, 5.74) is 5.67. The van der Waals surface area contributed by atoms with Crippen LogP contribution in [0.3, 0.4) is 0 Å². The van der Waals surface area contributed by atoms with Gasteiger partial charge in [0.2, 0.25) is 0 Å². The molecule has 0 saturated carbocycles.